The predicted molar refractivity (Wildman–Crippen MR) is 61.4 cm³/mol. The molecular formula is C12H22N2O2. The maximum Gasteiger partial charge on any atom is 0.250 e. The number of hydrogen-bond donors (Lipinski definition) is 1. The third-order valence-corrected chi connectivity index (χ3v) is 3.64. The molecule has 1 aliphatic carbocycles. The summed E-state index contributed by atoms with van der Waals surface area (Å²) in [6.07, 6.45) is 7.50. The van der Waals surface area contributed by atoms with E-state index in [4.69, 9.17) is 10.6 Å². The molecule has 0 aromatic carbocycles. The first kappa shape index (κ1) is 11.9. The van der Waals surface area contributed by atoms with Crippen molar-refractivity contribution in [2.45, 2.75) is 51.0 Å². The van der Waals surface area contributed by atoms with E-state index in [0.717, 1.165) is 45.1 Å². The Hall–Kier alpha value is -0.610. The van der Waals surface area contributed by atoms with E-state index in [1.54, 1.807) is 5.06 Å². The first-order valence-corrected chi connectivity index (χ1v) is 6.49. The number of hydrogen-bond acceptors (Lipinski definition) is 3. The summed E-state index contributed by atoms with van der Waals surface area (Å²) in [5, 5.41) is 1.55. The molecule has 1 amide bonds. The van der Waals surface area contributed by atoms with Crippen LogP contribution in [0.2, 0.25) is 0 Å². The molecule has 2 rings (SSSR count). The molecule has 2 N–H and O–H groups in total. The Bertz CT molecular complexity index is 239. The van der Waals surface area contributed by atoms with E-state index < -0.39 is 0 Å². The zero-order valence-electron chi connectivity index (χ0n) is 9.86. The summed E-state index contributed by atoms with van der Waals surface area (Å²) in [5.74, 6) is 0.106. The summed E-state index contributed by atoms with van der Waals surface area (Å²) in [6, 6.07) is 0.0283. The van der Waals surface area contributed by atoms with Gasteiger partial charge in [-0.05, 0) is 25.7 Å². The van der Waals surface area contributed by atoms with Crippen molar-refractivity contribution in [2.75, 3.05) is 13.2 Å². The topological polar surface area (TPSA) is 55.6 Å². The first-order valence-electron chi connectivity index (χ1n) is 6.49. The quantitative estimate of drug-likeness (QED) is 0.688. The molecule has 4 nitrogen and oxygen atoms in total. The molecule has 0 aromatic rings. The summed E-state index contributed by atoms with van der Waals surface area (Å²) < 4.78 is 0. The van der Waals surface area contributed by atoms with Crippen LogP contribution in [0.3, 0.4) is 0 Å². The van der Waals surface area contributed by atoms with Crippen molar-refractivity contribution in [2.24, 2.45) is 11.7 Å². The standard InChI is InChI=1S/C12H22N2O2/c13-11-7-3-1-2-6-10(11)12(15)14-8-4-5-9-16-14/h10-11H,1-9,13H2. The van der Waals surface area contributed by atoms with Gasteiger partial charge in [0.2, 0.25) is 0 Å². The second-order valence-electron chi connectivity index (χ2n) is 4.89. The molecule has 1 saturated heterocycles. The summed E-state index contributed by atoms with van der Waals surface area (Å²) in [7, 11) is 0. The van der Waals surface area contributed by atoms with Crippen LogP contribution in [0.4, 0.5) is 0 Å². The molecule has 92 valence electrons. The minimum absolute atomic E-state index is 0.0133. The van der Waals surface area contributed by atoms with E-state index in [1.165, 1.54) is 6.42 Å². The van der Waals surface area contributed by atoms with Gasteiger partial charge in [0.15, 0.2) is 0 Å². The molecule has 2 atom stereocenters. The van der Waals surface area contributed by atoms with Gasteiger partial charge in [0.05, 0.1) is 12.5 Å². The Morgan fingerprint density at radius 1 is 1.12 bits per heavy atom. The zero-order chi connectivity index (χ0) is 11.4. The van der Waals surface area contributed by atoms with Crippen molar-refractivity contribution in [3.63, 3.8) is 0 Å². The van der Waals surface area contributed by atoms with E-state index in [-0.39, 0.29) is 17.9 Å². The van der Waals surface area contributed by atoms with Gasteiger partial charge >= 0.3 is 0 Å². The molecule has 4 heteroatoms. The van der Waals surface area contributed by atoms with Crippen LogP contribution >= 0.6 is 0 Å². The number of rotatable bonds is 1. The van der Waals surface area contributed by atoms with Gasteiger partial charge in [-0.15, -0.1) is 0 Å². The molecule has 0 aromatic heterocycles. The second-order valence-corrected chi connectivity index (χ2v) is 4.89. The smallest absolute Gasteiger partial charge is 0.250 e. The van der Waals surface area contributed by atoms with Crippen LogP contribution in [0.25, 0.3) is 0 Å². The maximum absolute atomic E-state index is 12.2. The highest BCUT2D eigenvalue weighted by Gasteiger charge is 2.31. The third-order valence-electron chi connectivity index (χ3n) is 3.64. The lowest BCUT2D eigenvalue weighted by molar-refractivity contribution is -0.202. The average Bonchev–Trinajstić information content (AvgIpc) is 2.54. The Balaban J connectivity index is 1.95. The van der Waals surface area contributed by atoms with Crippen molar-refractivity contribution >= 4 is 5.91 Å². The second kappa shape index (κ2) is 5.64. The molecule has 2 unspecified atom stereocenters. The van der Waals surface area contributed by atoms with Gasteiger partial charge in [0, 0.05) is 12.6 Å². The monoisotopic (exact) mass is 226 g/mol. The highest BCUT2D eigenvalue weighted by Crippen LogP contribution is 2.25. The molecule has 1 aliphatic heterocycles. The highest BCUT2D eigenvalue weighted by molar-refractivity contribution is 5.78. The average molecular weight is 226 g/mol. The molecule has 1 saturated carbocycles. The van der Waals surface area contributed by atoms with Gasteiger partial charge in [-0.25, -0.2) is 5.06 Å². The Morgan fingerprint density at radius 3 is 2.69 bits per heavy atom. The van der Waals surface area contributed by atoms with Crippen LogP contribution in [-0.2, 0) is 9.63 Å². The first-order chi connectivity index (χ1) is 7.79. The number of carbonyl (C=O) groups is 1. The third kappa shape index (κ3) is 2.74. The maximum atomic E-state index is 12.2. The zero-order valence-corrected chi connectivity index (χ0v) is 9.86. The minimum atomic E-state index is -0.0133. The number of nitrogens with two attached hydrogens (primary N) is 1. The van der Waals surface area contributed by atoms with E-state index in [1.807, 2.05) is 0 Å². The van der Waals surface area contributed by atoms with Crippen molar-refractivity contribution in [3.8, 4) is 0 Å². The van der Waals surface area contributed by atoms with Gasteiger partial charge in [0.1, 0.15) is 0 Å². The van der Waals surface area contributed by atoms with Gasteiger partial charge < -0.3 is 5.73 Å². The fourth-order valence-corrected chi connectivity index (χ4v) is 2.60. The van der Waals surface area contributed by atoms with E-state index in [0.29, 0.717) is 6.61 Å². The summed E-state index contributed by atoms with van der Waals surface area (Å²) in [6.45, 7) is 1.41. The van der Waals surface area contributed by atoms with Crippen LogP contribution < -0.4 is 5.73 Å². The Morgan fingerprint density at radius 2 is 1.94 bits per heavy atom. The lowest BCUT2D eigenvalue weighted by atomic mass is 9.94. The molecule has 0 spiro atoms. The summed E-state index contributed by atoms with van der Waals surface area (Å²) in [4.78, 5) is 17.6. The minimum Gasteiger partial charge on any atom is -0.327 e. The van der Waals surface area contributed by atoms with E-state index in [9.17, 15) is 4.79 Å². The van der Waals surface area contributed by atoms with Crippen LogP contribution in [0.1, 0.15) is 44.9 Å². The number of hydroxylamine groups is 2. The normalized spacial score (nSPS) is 32.2. The lowest BCUT2D eigenvalue weighted by Gasteiger charge is -2.31. The summed E-state index contributed by atoms with van der Waals surface area (Å²) >= 11 is 0. The number of carbonyl (C=O) groups excluding carboxylic acids is 1. The highest BCUT2D eigenvalue weighted by atomic mass is 16.7. The number of amides is 1. The van der Waals surface area contributed by atoms with Crippen molar-refractivity contribution in [1.29, 1.82) is 0 Å². The molecule has 2 aliphatic rings. The SMILES string of the molecule is NC1CCCCCC1C(=O)N1CCCCO1. The van der Waals surface area contributed by atoms with E-state index in [2.05, 4.69) is 0 Å². The van der Waals surface area contributed by atoms with Gasteiger partial charge in [0.25, 0.3) is 5.91 Å². The Kier molecular flexibility index (Phi) is 4.18. The largest absolute Gasteiger partial charge is 0.327 e. The number of nitrogens with zero attached hydrogens (tertiary/aromatic N) is 1. The van der Waals surface area contributed by atoms with Crippen molar-refractivity contribution in [1.82, 2.24) is 5.06 Å². The fourth-order valence-electron chi connectivity index (χ4n) is 2.60. The van der Waals surface area contributed by atoms with Crippen LogP contribution in [-0.4, -0.2) is 30.2 Å². The van der Waals surface area contributed by atoms with Crippen molar-refractivity contribution in [3.05, 3.63) is 0 Å². The predicted octanol–water partition coefficient (Wildman–Crippen LogP) is 1.45. The van der Waals surface area contributed by atoms with Gasteiger partial charge in [-0.3, -0.25) is 9.63 Å². The molecule has 16 heavy (non-hydrogen) atoms. The van der Waals surface area contributed by atoms with E-state index >= 15 is 0 Å². The molecule has 1 heterocycles. The molecule has 2 fully saturated rings. The molecule has 0 bridgehead atoms. The van der Waals surface area contributed by atoms with Gasteiger partial charge in [-0.2, -0.15) is 0 Å². The Labute approximate surface area is 97.1 Å². The van der Waals surface area contributed by atoms with Gasteiger partial charge in [-0.1, -0.05) is 19.3 Å². The molecular weight excluding hydrogens is 204 g/mol. The lowest BCUT2D eigenvalue weighted by Crippen LogP contribution is -2.45. The van der Waals surface area contributed by atoms with Crippen LogP contribution in [0.5, 0.6) is 0 Å². The summed E-state index contributed by atoms with van der Waals surface area (Å²) in [5.41, 5.74) is 6.08. The van der Waals surface area contributed by atoms with Crippen molar-refractivity contribution < 1.29 is 9.63 Å². The fraction of sp³-hybridized carbons (Fsp3) is 0.917. The molecule has 0 radical (unpaired) electrons. The van der Waals surface area contributed by atoms with Crippen LogP contribution in [0.15, 0.2) is 0 Å². The van der Waals surface area contributed by atoms with Crippen LogP contribution in [0, 0.1) is 5.92 Å².